The zero-order valence-corrected chi connectivity index (χ0v) is 21.7. The number of ether oxygens (including phenoxy) is 4. The van der Waals surface area contributed by atoms with Crippen LogP contribution in [0.15, 0.2) is 60.8 Å². The topological polar surface area (TPSA) is 116 Å². The number of anilines is 1. The molecule has 10 nitrogen and oxygen atoms in total. The number of carbonyl (C=O) groups is 3. The lowest BCUT2D eigenvalue weighted by Crippen LogP contribution is -2.34. The summed E-state index contributed by atoms with van der Waals surface area (Å²) >= 11 is 0. The van der Waals surface area contributed by atoms with Gasteiger partial charge in [-0.25, -0.2) is 9.69 Å². The van der Waals surface area contributed by atoms with E-state index in [0.717, 1.165) is 21.4 Å². The average Bonchev–Trinajstić information content (AvgIpc) is 3.19. The molecule has 1 N–H and O–H groups in total. The first-order chi connectivity index (χ1) is 18.8. The van der Waals surface area contributed by atoms with Gasteiger partial charge in [-0.15, -0.1) is 0 Å². The Morgan fingerprint density at radius 3 is 2.18 bits per heavy atom. The van der Waals surface area contributed by atoms with E-state index >= 15 is 0 Å². The molecule has 4 aromatic rings. The van der Waals surface area contributed by atoms with Crippen LogP contribution in [-0.4, -0.2) is 48.7 Å². The van der Waals surface area contributed by atoms with Gasteiger partial charge in [-0.2, -0.15) is 0 Å². The standard InChI is InChI=1S/C29H25N3O7/c1-16-17(2)23(39-24-11-12-30-22-14-26(37-4)25(36-3)13-20(22)24)10-9-21(16)31-29(35)38-15-32-27(33)18-7-5-6-8-19(18)28(32)34/h5-14H,15H2,1-4H3,(H,31,35). The van der Waals surface area contributed by atoms with E-state index < -0.39 is 24.6 Å². The molecule has 5 rings (SSSR count). The van der Waals surface area contributed by atoms with Gasteiger partial charge in [-0.3, -0.25) is 19.9 Å². The normalized spacial score (nSPS) is 12.4. The fraction of sp³-hybridized carbons (Fsp3) is 0.172. The van der Waals surface area contributed by atoms with Crippen LogP contribution in [0.25, 0.3) is 10.9 Å². The maximum atomic E-state index is 12.5. The third-order valence-corrected chi connectivity index (χ3v) is 6.60. The van der Waals surface area contributed by atoms with Crippen molar-refractivity contribution in [2.75, 3.05) is 26.3 Å². The largest absolute Gasteiger partial charge is 0.493 e. The van der Waals surface area contributed by atoms with E-state index in [9.17, 15) is 14.4 Å². The van der Waals surface area contributed by atoms with Crippen LogP contribution in [0.4, 0.5) is 10.5 Å². The maximum absolute atomic E-state index is 12.5. The number of aromatic nitrogens is 1. The van der Waals surface area contributed by atoms with E-state index in [1.54, 1.807) is 75.0 Å². The second-order valence-electron chi connectivity index (χ2n) is 8.77. The molecule has 0 spiro atoms. The van der Waals surface area contributed by atoms with Crippen molar-refractivity contribution < 1.29 is 33.3 Å². The highest BCUT2D eigenvalue weighted by atomic mass is 16.6. The molecule has 2 heterocycles. The van der Waals surface area contributed by atoms with Gasteiger partial charge in [-0.1, -0.05) is 12.1 Å². The van der Waals surface area contributed by atoms with Crippen LogP contribution in [0.1, 0.15) is 31.8 Å². The van der Waals surface area contributed by atoms with Crippen LogP contribution in [0.5, 0.6) is 23.0 Å². The molecule has 0 saturated heterocycles. The molecule has 0 aliphatic carbocycles. The fourth-order valence-corrected chi connectivity index (χ4v) is 4.32. The molecule has 3 aromatic carbocycles. The molecule has 0 bridgehead atoms. The van der Waals surface area contributed by atoms with Gasteiger partial charge in [0.25, 0.3) is 11.8 Å². The highest BCUT2D eigenvalue weighted by molar-refractivity contribution is 6.21. The Hall–Kier alpha value is -5.12. The number of imide groups is 1. The number of nitrogens with zero attached hydrogens (tertiary/aromatic N) is 2. The van der Waals surface area contributed by atoms with Gasteiger partial charge < -0.3 is 18.9 Å². The van der Waals surface area contributed by atoms with Gasteiger partial charge in [0.2, 0.25) is 0 Å². The van der Waals surface area contributed by atoms with Crippen molar-refractivity contribution in [2.45, 2.75) is 13.8 Å². The summed E-state index contributed by atoms with van der Waals surface area (Å²) in [6.45, 7) is 3.20. The Kier molecular flexibility index (Phi) is 6.76. The molecule has 10 heteroatoms. The molecule has 198 valence electrons. The molecule has 0 saturated carbocycles. The van der Waals surface area contributed by atoms with Crippen LogP contribution in [0, 0.1) is 13.8 Å². The minimum Gasteiger partial charge on any atom is -0.493 e. The molecule has 0 radical (unpaired) electrons. The molecule has 0 unspecified atom stereocenters. The highest BCUT2D eigenvalue weighted by Crippen LogP contribution is 2.38. The second-order valence-corrected chi connectivity index (χ2v) is 8.77. The Balaban J connectivity index is 1.29. The van der Waals surface area contributed by atoms with Gasteiger partial charge in [0.05, 0.1) is 30.9 Å². The van der Waals surface area contributed by atoms with E-state index in [-0.39, 0.29) is 11.1 Å². The Bertz CT molecular complexity index is 1600. The first kappa shape index (κ1) is 25.5. The summed E-state index contributed by atoms with van der Waals surface area (Å²) < 4.78 is 22.2. The van der Waals surface area contributed by atoms with Crippen LogP contribution in [-0.2, 0) is 4.74 Å². The van der Waals surface area contributed by atoms with Crippen LogP contribution in [0.3, 0.4) is 0 Å². The number of benzene rings is 3. The van der Waals surface area contributed by atoms with E-state index in [1.807, 2.05) is 13.8 Å². The number of hydrogen-bond donors (Lipinski definition) is 1. The highest BCUT2D eigenvalue weighted by Gasteiger charge is 2.35. The van der Waals surface area contributed by atoms with Crippen molar-refractivity contribution in [2.24, 2.45) is 0 Å². The molecule has 0 fully saturated rings. The monoisotopic (exact) mass is 527 g/mol. The minimum absolute atomic E-state index is 0.285. The summed E-state index contributed by atoms with van der Waals surface area (Å²) in [5, 5.41) is 3.41. The first-order valence-corrected chi connectivity index (χ1v) is 12.0. The predicted molar refractivity (Wildman–Crippen MR) is 143 cm³/mol. The molecule has 0 atom stereocenters. The molecule has 1 aromatic heterocycles. The van der Waals surface area contributed by atoms with Crippen molar-refractivity contribution in [1.82, 2.24) is 9.88 Å². The zero-order chi connectivity index (χ0) is 27.7. The SMILES string of the molecule is COc1cc2nccc(Oc3ccc(NC(=O)OCN4C(=O)c5ccccc5C4=O)c(C)c3C)c2cc1OC. The van der Waals surface area contributed by atoms with Crippen molar-refractivity contribution in [1.29, 1.82) is 0 Å². The van der Waals surface area contributed by atoms with Gasteiger partial charge in [-0.05, 0) is 61.4 Å². The Labute approximate surface area is 224 Å². The van der Waals surface area contributed by atoms with Crippen LogP contribution < -0.4 is 19.5 Å². The van der Waals surface area contributed by atoms with Crippen molar-refractivity contribution >= 4 is 34.5 Å². The number of rotatable bonds is 7. The Morgan fingerprint density at radius 1 is 0.846 bits per heavy atom. The summed E-state index contributed by atoms with van der Waals surface area (Å²) in [5.74, 6) is 1.26. The first-order valence-electron chi connectivity index (χ1n) is 12.0. The van der Waals surface area contributed by atoms with E-state index in [4.69, 9.17) is 18.9 Å². The lowest BCUT2D eigenvalue weighted by atomic mass is 10.1. The summed E-state index contributed by atoms with van der Waals surface area (Å²) in [7, 11) is 3.12. The molecule has 3 amide bonds. The van der Waals surface area contributed by atoms with Crippen LogP contribution >= 0.6 is 0 Å². The summed E-state index contributed by atoms with van der Waals surface area (Å²) in [5.41, 5.74) is 3.29. The lowest BCUT2D eigenvalue weighted by Gasteiger charge is -2.17. The molecular formula is C29H25N3O7. The Morgan fingerprint density at radius 2 is 1.51 bits per heavy atom. The number of carbonyl (C=O) groups excluding carboxylic acids is 3. The zero-order valence-electron chi connectivity index (χ0n) is 21.7. The number of fused-ring (bicyclic) bond motifs is 2. The van der Waals surface area contributed by atoms with E-state index in [0.29, 0.717) is 34.2 Å². The van der Waals surface area contributed by atoms with E-state index in [2.05, 4.69) is 10.3 Å². The third-order valence-electron chi connectivity index (χ3n) is 6.60. The van der Waals surface area contributed by atoms with Gasteiger partial charge in [0, 0.05) is 23.3 Å². The molecule has 1 aliphatic rings. The summed E-state index contributed by atoms with van der Waals surface area (Å²) in [6, 6.07) is 15.2. The van der Waals surface area contributed by atoms with Crippen molar-refractivity contribution in [3.05, 3.63) is 83.0 Å². The van der Waals surface area contributed by atoms with Crippen LogP contribution in [0.2, 0.25) is 0 Å². The second kappa shape index (κ2) is 10.3. The van der Waals surface area contributed by atoms with Crippen molar-refractivity contribution in [3.8, 4) is 23.0 Å². The summed E-state index contributed by atoms with van der Waals surface area (Å²) in [6.07, 6.45) is 0.843. The minimum atomic E-state index is -0.802. The lowest BCUT2D eigenvalue weighted by molar-refractivity contribution is 0.0449. The summed E-state index contributed by atoms with van der Waals surface area (Å²) in [4.78, 5) is 42.8. The predicted octanol–water partition coefficient (Wildman–Crippen LogP) is 5.46. The number of amides is 3. The number of methoxy groups -OCH3 is 2. The third kappa shape index (κ3) is 4.68. The maximum Gasteiger partial charge on any atom is 0.413 e. The van der Waals surface area contributed by atoms with Crippen molar-refractivity contribution in [3.63, 3.8) is 0 Å². The molecule has 1 aliphatic heterocycles. The quantitative estimate of drug-likeness (QED) is 0.315. The average molecular weight is 528 g/mol. The van der Waals surface area contributed by atoms with Gasteiger partial charge >= 0.3 is 6.09 Å². The van der Waals surface area contributed by atoms with Gasteiger partial charge in [0.1, 0.15) is 11.5 Å². The smallest absolute Gasteiger partial charge is 0.413 e. The number of pyridine rings is 1. The number of nitrogens with one attached hydrogen (secondary N) is 1. The number of hydrogen-bond acceptors (Lipinski definition) is 8. The fourth-order valence-electron chi connectivity index (χ4n) is 4.32. The van der Waals surface area contributed by atoms with E-state index in [1.165, 1.54) is 0 Å². The molecule has 39 heavy (non-hydrogen) atoms. The van der Waals surface area contributed by atoms with Gasteiger partial charge in [0.15, 0.2) is 18.2 Å². The molecular weight excluding hydrogens is 502 g/mol.